The molecule has 0 saturated heterocycles. The van der Waals surface area contributed by atoms with Crippen LogP contribution in [0.15, 0.2) is 83.3 Å². The summed E-state index contributed by atoms with van der Waals surface area (Å²) < 4.78 is 8.60. The average molecular weight is 462 g/mol. The largest absolute Gasteiger partial charge is 0.466 e. The van der Waals surface area contributed by atoms with Crippen molar-refractivity contribution < 1.29 is 9.53 Å². The Balaban J connectivity index is 1.98. The fraction of sp³-hybridized carbons (Fsp3) is 0.192. The number of hydrogen-bond acceptors (Lipinski definition) is 2. The van der Waals surface area contributed by atoms with Gasteiger partial charge in [0.05, 0.1) is 19.1 Å². The summed E-state index contributed by atoms with van der Waals surface area (Å²) in [6.45, 7) is 4.32. The molecule has 4 aromatic rings. The van der Waals surface area contributed by atoms with E-state index < -0.39 is 0 Å². The lowest BCUT2D eigenvalue weighted by atomic mass is 9.98. The van der Waals surface area contributed by atoms with Gasteiger partial charge in [-0.25, -0.2) is 0 Å². The van der Waals surface area contributed by atoms with Crippen LogP contribution in [0.25, 0.3) is 10.9 Å². The molecule has 0 atom stereocenters. The Morgan fingerprint density at radius 3 is 2.13 bits per heavy atom. The van der Waals surface area contributed by atoms with Crippen LogP contribution >= 0.6 is 15.9 Å². The van der Waals surface area contributed by atoms with Gasteiger partial charge in [-0.2, -0.15) is 0 Å². The van der Waals surface area contributed by atoms with E-state index in [4.69, 9.17) is 4.74 Å². The van der Waals surface area contributed by atoms with Crippen LogP contribution < -0.4 is 0 Å². The molecule has 1 heterocycles. The second-order valence-corrected chi connectivity index (χ2v) is 8.22. The van der Waals surface area contributed by atoms with Gasteiger partial charge in [-0.15, -0.1) is 0 Å². The molecule has 0 spiro atoms. The van der Waals surface area contributed by atoms with Gasteiger partial charge in [-0.3, -0.25) is 4.79 Å². The van der Waals surface area contributed by atoms with E-state index in [9.17, 15) is 4.79 Å². The Morgan fingerprint density at radius 2 is 1.57 bits per heavy atom. The lowest BCUT2D eigenvalue weighted by molar-refractivity contribution is -0.142. The molecule has 4 rings (SSSR count). The standard InChI is InChI=1S/C26H24BrNO2/c1-3-30-25(29)17-22-18(2)28(24-15-14-21(27)16-23(22)24)26(19-10-6-4-7-11-19)20-12-8-5-9-13-20/h4-16,26H,3,17H2,1-2H3. The maximum atomic E-state index is 12.4. The van der Waals surface area contributed by atoms with Gasteiger partial charge in [-0.1, -0.05) is 76.6 Å². The van der Waals surface area contributed by atoms with E-state index in [1.54, 1.807) is 0 Å². The summed E-state index contributed by atoms with van der Waals surface area (Å²) in [6, 6.07) is 27.3. The molecular weight excluding hydrogens is 438 g/mol. The molecule has 0 radical (unpaired) electrons. The Hall–Kier alpha value is -2.85. The first-order valence-electron chi connectivity index (χ1n) is 10.1. The predicted octanol–water partition coefficient (Wildman–Crippen LogP) is 6.46. The van der Waals surface area contributed by atoms with Crippen LogP contribution in [-0.2, 0) is 16.0 Å². The summed E-state index contributed by atoms with van der Waals surface area (Å²) in [5.41, 5.74) is 5.60. The van der Waals surface area contributed by atoms with E-state index in [-0.39, 0.29) is 18.4 Å². The number of hydrogen-bond donors (Lipinski definition) is 0. The van der Waals surface area contributed by atoms with Crippen LogP contribution in [0.4, 0.5) is 0 Å². The van der Waals surface area contributed by atoms with Gasteiger partial charge in [0.25, 0.3) is 0 Å². The minimum Gasteiger partial charge on any atom is -0.466 e. The zero-order valence-electron chi connectivity index (χ0n) is 17.1. The van der Waals surface area contributed by atoms with E-state index in [1.807, 2.05) is 19.1 Å². The Bertz CT molecular complexity index is 1130. The maximum Gasteiger partial charge on any atom is 0.310 e. The molecule has 30 heavy (non-hydrogen) atoms. The van der Waals surface area contributed by atoms with E-state index in [0.29, 0.717) is 6.61 Å². The molecule has 0 bridgehead atoms. The molecule has 3 nitrogen and oxygen atoms in total. The number of halogens is 1. The Morgan fingerprint density at radius 1 is 0.967 bits per heavy atom. The first-order chi connectivity index (χ1) is 14.6. The number of benzene rings is 3. The summed E-state index contributed by atoms with van der Waals surface area (Å²) in [7, 11) is 0. The molecule has 0 aliphatic carbocycles. The minimum absolute atomic E-state index is 0.00650. The summed E-state index contributed by atoms with van der Waals surface area (Å²) in [5.74, 6) is -0.199. The Kier molecular flexibility index (Phi) is 6.05. The van der Waals surface area contributed by atoms with E-state index in [1.165, 1.54) is 11.1 Å². The van der Waals surface area contributed by atoms with Crippen molar-refractivity contribution in [3.63, 3.8) is 0 Å². The summed E-state index contributed by atoms with van der Waals surface area (Å²) in [6.07, 6.45) is 0.260. The monoisotopic (exact) mass is 461 g/mol. The molecule has 0 saturated carbocycles. The van der Waals surface area contributed by atoms with Crippen molar-refractivity contribution in [2.24, 2.45) is 0 Å². The molecule has 4 heteroatoms. The lowest BCUT2D eigenvalue weighted by Crippen LogP contribution is -2.14. The molecule has 0 fully saturated rings. The third kappa shape index (κ3) is 3.92. The van der Waals surface area contributed by atoms with Gasteiger partial charge in [-0.05, 0) is 48.7 Å². The minimum atomic E-state index is -0.199. The van der Waals surface area contributed by atoms with Crippen LogP contribution in [0.1, 0.15) is 35.3 Å². The van der Waals surface area contributed by atoms with Crippen LogP contribution in [0.2, 0.25) is 0 Å². The van der Waals surface area contributed by atoms with Gasteiger partial charge < -0.3 is 9.30 Å². The molecule has 0 aliphatic heterocycles. The molecule has 0 unspecified atom stereocenters. The smallest absolute Gasteiger partial charge is 0.310 e. The fourth-order valence-electron chi connectivity index (χ4n) is 4.15. The van der Waals surface area contributed by atoms with E-state index in [2.05, 4.69) is 94.2 Å². The van der Waals surface area contributed by atoms with Crippen LogP contribution in [-0.4, -0.2) is 17.1 Å². The number of carbonyl (C=O) groups is 1. The number of nitrogens with zero attached hydrogens (tertiary/aromatic N) is 1. The third-order valence-corrected chi connectivity index (χ3v) is 5.95. The third-order valence-electron chi connectivity index (χ3n) is 5.46. The normalized spacial score (nSPS) is 11.2. The first-order valence-corrected chi connectivity index (χ1v) is 10.9. The number of aromatic nitrogens is 1. The second kappa shape index (κ2) is 8.88. The van der Waals surface area contributed by atoms with Crippen molar-refractivity contribution in [1.29, 1.82) is 0 Å². The molecule has 0 aliphatic rings. The maximum absolute atomic E-state index is 12.4. The lowest BCUT2D eigenvalue weighted by Gasteiger charge is -2.23. The topological polar surface area (TPSA) is 31.2 Å². The second-order valence-electron chi connectivity index (χ2n) is 7.30. The van der Waals surface area contributed by atoms with Gasteiger partial charge in [0.15, 0.2) is 0 Å². The van der Waals surface area contributed by atoms with Crippen molar-refractivity contribution >= 4 is 32.8 Å². The number of fused-ring (bicyclic) bond motifs is 1. The zero-order chi connectivity index (χ0) is 21.1. The van der Waals surface area contributed by atoms with Crippen molar-refractivity contribution in [3.05, 3.63) is 106 Å². The van der Waals surface area contributed by atoms with Crippen LogP contribution in [0, 0.1) is 6.92 Å². The van der Waals surface area contributed by atoms with Crippen LogP contribution in [0.3, 0.4) is 0 Å². The van der Waals surface area contributed by atoms with Gasteiger partial charge in [0.2, 0.25) is 0 Å². The highest BCUT2D eigenvalue weighted by molar-refractivity contribution is 9.10. The quantitative estimate of drug-likeness (QED) is 0.308. The van der Waals surface area contributed by atoms with E-state index >= 15 is 0 Å². The molecule has 0 N–H and O–H groups in total. The zero-order valence-corrected chi connectivity index (χ0v) is 18.7. The van der Waals surface area contributed by atoms with Gasteiger partial charge in [0, 0.05) is 21.1 Å². The summed E-state index contributed by atoms with van der Waals surface area (Å²) >= 11 is 3.60. The summed E-state index contributed by atoms with van der Waals surface area (Å²) in [4.78, 5) is 12.4. The number of carbonyl (C=O) groups excluding carboxylic acids is 1. The Labute approximate surface area is 185 Å². The molecule has 152 valence electrons. The highest BCUT2D eigenvalue weighted by Gasteiger charge is 2.24. The number of rotatable bonds is 6. The molecule has 0 amide bonds. The summed E-state index contributed by atoms with van der Waals surface area (Å²) in [5, 5.41) is 1.08. The molecular formula is C26H24BrNO2. The van der Waals surface area contributed by atoms with E-state index in [0.717, 1.165) is 26.6 Å². The molecule has 1 aromatic heterocycles. The highest BCUT2D eigenvalue weighted by atomic mass is 79.9. The van der Waals surface area contributed by atoms with Crippen LogP contribution in [0.5, 0.6) is 0 Å². The van der Waals surface area contributed by atoms with Gasteiger partial charge >= 0.3 is 5.97 Å². The predicted molar refractivity (Wildman–Crippen MR) is 125 cm³/mol. The van der Waals surface area contributed by atoms with Crippen molar-refractivity contribution in [1.82, 2.24) is 4.57 Å². The van der Waals surface area contributed by atoms with Crippen molar-refractivity contribution in [2.75, 3.05) is 6.61 Å². The average Bonchev–Trinajstić information content (AvgIpc) is 3.01. The first kappa shape index (κ1) is 20.4. The highest BCUT2D eigenvalue weighted by Crippen LogP contribution is 2.37. The fourth-order valence-corrected chi connectivity index (χ4v) is 4.52. The van der Waals surface area contributed by atoms with Gasteiger partial charge in [0.1, 0.15) is 0 Å². The van der Waals surface area contributed by atoms with Crippen molar-refractivity contribution in [2.45, 2.75) is 26.3 Å². The van der Waals surface area contributed by atoms with Crippen molar-refractivity contribution in [3.8, 4) is 0 Å². The molecule has 3 aromatic carbocycles. The number of ether oxygens (including phenoxy) is 1. The number of esters is 1. The SMILES string of the molecule is CCOC(=O)Cc1c(C)n(C(c2ccccc2)c2ccccc2)c2ccc(Br)cc12.